The number of nitrogens with zero attached hydrogens (tertiary/aromatic N) is 2. The van der Waals surface area contributed by atoms with Crippen LogP contribution in [0.25, 0.3) is 22.2 Å². The number of benzene rings is 1. The summed E-state index contributed by atoms with van der Waals surface area (Å²) in [4.78, 5) is 30.5. The molecule has 2 aromatic heterocycles. The second-order valence-corrected chi connectivity index (χ2v) is 5.17. The Labute approximate surface area is 140 Å². The molecular weight excluding hydrogens is 329 g/mol. The number of fused-ring (bicyclic) bond motifs is 1. The lowest BCUT2D eigenvalue weighted by Gasteiger charge is -2.08. The molecule has 1 amide bonds. The molecule has 0 radical (unpaired) electrons. The molecule has 1 aromatic carbocycles. The minimum Gasteiger partial charge on any atom is -0.505 e. The van der Waals surface area contributed by atoms with Crippen LogP contribution in [-0.4, -0.2) is 38.6 Å². The molecule has 8 heteroatoms. The number of rotatable bonds is 4. The molecule has 3 N–H and O–H groups in total. The molecule has 0 spiro atoms. The van der Waals surface area contributed by atoms with Crippen LogP contribution in [0.5, 0.6) is 5.75 Å². The maximum absolute atomic E-state index is 13.3. The minimum absolute atomic E-state index is 0.274. The van der Waals surface area contributed by atoms with E-state index in [-0.39, 0.29) is 11.1 Å². The molecule has 25 heavy (non-hydrogen) atoms. The number of aromatic hydroxyl groups is 1. The first kappa shape index (κ1) is 16.3. The summed E-state index contributed by atoms with van der Waals surface area (Å²) < 4.78 is 13.3. The lowest BCUT2D eigenvalue weighted by Crippen LogP contribution is -2.29. The molecule has 126 valence electrons. The molecule has 0 aliphatic carbocycles. The Morgan fingerprint density at radius 3 is 2.72 bits per heavy atom. The smallest absolute Gasteiger partial charge is 0.322 e. The Morgan fingerprint density at radius 2 is 2.00 bits per heavy atom. The van der Waals surface area contributed by atoms with E-state index in [2.05, 4.69) is 15.3 Å². The van der Waals surface area contributed by atoms with E-state index in [1.54, 1.807) is 18.2 Å². The average Bonchev–Trinajstić information content (AvgIpc) is 2.59. The molecule has 0 fully saturated rings. The summed E-state index contributed by atoms with van der Waals surface area (Å²) in [7, 11) is 0. The summed E-state index contributed by atoms with van der Waals surface area (Å²) in [6, 6.07) is 9.01. The van der Waals surface area contributed by atoms with Crippen LogP contribution < -0.4 is 5.32 Å². The third-order valence-electron chi connectivity index (χ3n) is 3.46. The fourth-order valence-corrected chi connectivity index (χ4v) is 2.30. The van der Waals surface area contributed by atoms with Gasteiger partial charge < -0.3 is 15.5 Å². The normalized spacial score (nSPS) is 10.6. The summed E-state index contributed by atoms with van der Waals surface area (Å²) in [6.45, 7) is -0.589. The van der Waals surface area contributed by atoms with Crippen LogP contribution >= 0.6 is 0 Å². The molecule has 0 unspecified atom stereocenters. The van der Waals surface area contributed by atoms with Gasteiger partial charge in [0.1, 0.15) is 12.4 Å². The number of hydrogen-bond donors (Lipinski definition) is 3. The predicted molar refractivity (Wildman–Crippen MR) is 86.6 cm³/mol. The number of amides is 1. The molecular formula is C17H12FN3O4. The van der Waals surface area contributed by atoms with Crippen LogP contribution in [0.15, 0.2) is 42.6 Å². The van der Waals surface area contributed by atoms with Crippen molar-refractivity contribution in [3.05, 3.63) is 54.1 Å². The fraction of sp³-hybridized carbons (Fsp3) is 0.0588. The highest BCUT2D eigenvalue weighted by Gasteiger charge is 2.17. The molecule has 0 saturated carbocycles. The van der Waals surface area contributed by atoms with Crippen molar-refractivity contribution in [3.8, 4) is 17.0 Å². The van der Waals surface area contributed by atoms with Gasteiger partial charge in [0, 0.05) is 10.9 Å². The highest BCUT2D eigenvalue weighted by Crippen LogP contribution is 2.28. The second kappa shape index (κ2) is 6.52. The van der Waals surface area contributed by atoms with Crippen LogP contribution in [-0.2, 0) is 4.79 Å². The number of pyridine rings is 2. The van der Waals surface area contributed by atoms with Crippen molar-refractivity contribution in [3.63, 3.8) is 0 Å². The Bertz CT molecular complexity index is 991. The monoisotopic (exact) mass is 341 g/mol. The van der Waals surface area contributed by atoms with Gasteiger partial charge in [-0.05, 0) is 24.3 Å². The summed E-state index contributed by atoms with van der Waals surface area (Å²) in [5.41, 5.74) is 1.06. The van der Waals surface area contributed by atoms with Gasteiger partial charge in [0.15, 0.2) is 11.4 Å². The van der Waals surface area contributed by atoms with Crippen molar-refractivity contribution < 1.29 is 24.2 Å². The van der Waals surface area contributed by atoms with E-state index in [4.69, 9.17) is 5.11 Å². The molecule has 3 rings (SSSR count). The maximum Gasteiger partial charge on any atom is 0.322 e. The predicted octanol–water partition coefficient (Wildman–Crippen LogP) is 1.96. The first-order valence-corrected chi connectivity index (χ1v) is 7.20. The van der Waals surface area contributed by atoms with Gasteiger partial charge in [-0.2, -0.15) is 0 Å². The van der Waals surface area contributed by atoms with Crippen LogP contribution in [0, 0.1) is 5.82 Å². The Morgan fingerprint density at radius 1 is 1.20 bits per heavy atom. The fourth-order valence-electron chi connectivity index (χ4n) is 2.30. The van der Waals surface area contributed by atoms with E-state index in [0.717, 1.165) is 0 Å². The van der Waals surface area contributed by atoms with Gasteiger partial charge in [-0.15, -0.1) is 0 Å². The van der Waals surface area contributed by atoms with Crippen molar-refractivity contribution in [2.75, 3.05) is 6.54 Å². The largest absolute Gasteiger partial charge is 0.505 e. The number of nitrogens with one attached hydrogen (secondary N) is 1. The number of carbonyl (C=O) groups excluding carboxylic acids is 1. The Kier molecular flexibility index (Phi) is 4.25. The highest BCUT2D eigenvalue weighted by atomic mass is 19.1. The SMILES string of the molecule is O=C(O)CNC(=O)c1ncc2nc(-c3cccc(F)c3)ccc2c1O. The van der Waals surface area contributed by atoms with Crippen molar-refractivity contribution in [2.24, 2.45) is 0 Å². The van der Waals surface area contributed by atoms with E-state index in [9.17, 15) is 19.1 Å². The first-order chi connectivity index (χ1) is 12.0. The van der Waals surface area contributed by atoms with Crippen molar-refractivity contribution in [2.45, 2.75) is 0 Å². The third kappa shape index (κ3) is 3.37. The van der Waals surface area contributed by atoms with Gasteiger partial charge in [-0.25, -0.2) is 14.4 Å². The van der Waals surface area contributed by atoms with Crippen LogP contribution in [0.4, 0.5) is 4.39 Å². The summed E-state index contributed by atoms with van der Waals surface area (Å²) in [5.74, 6) is -2.82. The number of aliphatic carboxylic acids is 1. The van der Waals surface area contributed by atoms with E-state index >= 15 is 0 Å². The molecule has 0 atom stereocenters. The van der Waals surface area contributed by atoms with Crippen LogP contribution in [0.3, 0.4) is 0 Å². The molecule has 7 nitrogen and oxygen atoms in total. The quantitative estimate of drug-likeness (QED) is 0.669. The first-order valence-electron chi connectivity index (χ1n) is 7.20. The summed E-state index contributed by atoms with van der Waals surface area (Å²) in [6.07, 6.45) is 1.29. The number of carboxylic acids is 1. The number of halogens is 1. The highest BCUT2D eigenvalue weighted by molar-refractivity contribution is 6.01. The molecule has 0 saturated heterocycles. The lowest BCUT2D eigenvalue weighted by atomic mass is 10.1. The minimum atomic E-state index is -1.21. The van der Waals surface area contributed by atoms with Crippen molar-refractivity contribution in [1.29, 1.82) is 0 Å². The Hall–Kier alpha value is -3.55. The van der Waals surface area contributed by atoms with Gasteiger partial charge in [-0.3, -0.25) is 9.59 Å². The summed E-state index contributed by atoms with van der Waals surface area (Å²) >= 11 is 0. The zero-order valence-corrected chi connectivity index (χ0v) is 12.7. The van der Waals surface area contributed by atoms with Gasteiger partial charge in [0.2, 0.25) is 0 Å². The van der Waals surface area contributed by atoms with Crippen molar-refractivity contribution in [1.82, 2.24) is 15.3 Å². The van der Waals surface area contributed by atoms with Crippen LogP contribution in [0.1, 0.15) is 10.5 Å². The number of aromatic nitrogens is 2. The van der Waals surface area contributed by atoms with Gasteiger partial charge in [0.05, 0.1) is 17.4 Å². The van der Waals surface area contributed by atoms with Crippen molar-refractivity contribution >= 4 is 22.8 Å². The standard InChI is InChI=1S/C17H12FN3O4/c18-10-3-1-2-9(6-10)12-5-4-11-13(21-12)7-19-15(16(11)24)17(25)20-8-14(22)23/h1-7,24H,8H2,(H,20,25)(H,22,23). The van der Waals surface area contributed by atoms with Gasteiger partial charge in [0.25, 0.3) is 5.91 Å². The van der Waals surface area contributed by atoms with E-state index in [0.29, 0.717) is 16.8 Å². The zero-order valence-electron chi connectivity index (χ0n) is 12.7. The Balaban J connectivity index is 1.99. The van der Waals surface area contributed by atoms with Gasteiger partial charge in [-0.1, -0.05) is 12.1 Å². The summed E-state index contributed by atoms with van der Waals surface area (Å²) in [5, 5.41) is 21.2. The molecule has 3 aromatic rings. The number of carbonyl (C=O) groups is 2. The number of carboxylic acid groups (broad SMARTS) is 1. The molecule has 0 aliphatic rings. The topological polar surface area (TPSA) is 112 Å². The number of hydrogen-bond acceptors (Lipinski definition) is 5. The van der Waals surface area contributed by atoms with E-state index < -0.39 is 30.0 Å². The van der Waals surface area contributed by atoms with E-state index in [1.807, 2.05) is 0 Å². The zero-order chi connectivity index (χ0) is 18.0. The third-order valence-corrected chi connectivity index (χ3v) is 3.46. The van der Waals surface area contributed by atoms with E-state index in [1.165, 1.54) is 24.4 Å². The average molecular weight is 341 g/mol. The molecule has 2 heterocycles. The second-order valence-electron chi connectivity index (χ2n) is 5.17. The maximum atomic E-state index is 13.3. The lowest BCUT2D eigenvalue weighted by molar-refractivity contribution is -0.135. The molecule has 0 aliphatic heterocycles. The van der Waals surface area contributed by atoms with Gasteiger partial charge >= 0.3 is 5.97 Å². The van der Waals surface area contributed by atoms with Crippen LogP contribution in [0.2, 0.25) is 0 Å². The molecule has 0 bridgehead atoms.